The summed E-state index contributed by atoms with van der Waals surface area (Å²) in [5.74, 6) is -1.25. The van der Waals surface area contributed by atoms with Crippen LogP contribution in [0.3, 0.4) is 0 Å². The molecule has 112 valence electrons. The Hall–Kier alpha value is -2.21. The van der Waals surface area contributed by atoms with Crippen molar-refractivity contribution < 1.29 is 23.0 Å². The number of benzene rings is 2. The summed E-state index contributed by atoms with van der Waals surface area (Å²) in [6.45, 7) is 0.300. The second-order valence-electron chi connectivity index (χ2n) is 4.46. The van der Waals surface area contributed by atoms with Crippen molar-refractivity contribution in [2.45, 2.75) is 19.3 Å². The molecule has 0 atom stereocenters. The van der Waals surface area contributed by atoms with Crippen LogP contribution in [0.2, 0.25) is 0 Å². The smallest absolute Gasteiger partial charge is 0.423 e. The van der Waals surface area contributed by atoms with Crippen LogP contribution in [0.15, 0.2) is 42.5 Å². The summed E-state index contributed by atoms with van der Waals surface area (Å²) < 4.78 is 43.9. The highest BCUT2D eigenvalue weighted by Crippen LogP contribution is 2.42. The van der Waals surface area contributed by atoms with Crippen LogP contribution in [0.5, 0.6) is 11.5 Å². The Balaban J connectivity index is 2.22. The van der Waals surface area contributed by atoms with Gasteiger partial charge >= 0.3 is 6.18 Å². The molecule has 0 saturated carbocycles. The summed E-state index contributed by atoms with van der Waals surface area (Å²) in [6.07, 6.45) is -4.68. The Labute approximate surface area is 119 Å². The molecule has 0 aliphatic rings. The van der Waals surface area contributed by atoms with E-state index < -0.39 is 23.2 Å². The van der Waals surface area contributed by atoms with Gasteiger partial charge in [-0.05, 0) is 23.3 Å². The second-order valence-corrected chi connectivity index (χ2v) is 4.46. The number of halogens is 3. The van der Waals surface area contributed by atoms with Gasteiger partial charge in [0.25, 0.3) is 0 Å². The fourth-order valence-electron chi connectivity index (χ4n) is 1.93. The molecule has 0 aliphatic heterocycles. The monoisotopic (exact) mass is 297 g/mol. The van der Waals surface area contributed by atoms with Crippen LogP contribution in [0, 0.1) is 0 Å². The van der Waals surface area contributed by atoms with Gasteiger partial charge in [0.1, 0.15) is 23.7 Å². The largest absolute Gasteiger partial charge is 0.507 e. The van der Waals surface area contributed by atoms with E-state index in [4.69, 9.17) is 10.5 Å². The van der Waals surface area contributed by atoms with Crippen LogP contribution in [0.4, 0.5) is 13.2 Å². The van der Waals surface area contributed by atoms with Crippen LogP contribution in [0.1, 0.15) is 16.7 Å². The second kappa shape index (κ2) is 6.05. The third-order valence-electron chi connectivity index (χ3n) is 2.91. The molecule has 0 amide bonds. The van der Waals surface area contributed by atoms with Gasteiger partial charge in [0, 0.05) is 6.54 Å². The summed E-state index contributed by atoms with van der Waals surface area (Å²) in [5, 5.41) is 9.39. The maximum Gasteiger partial charge on any atom is 0.423 e. The lowest BCUT2D eigenvalue weighted by Gasteiger charge is -2.15. The number of nitrogens with two attached hydrogens (primary N) is 1. The van der Waals surface area contributed by atoms with E-state index in [2.05, 4.69) is 0 Å². The maximum absolute atomic E-state index is 12.9. The van der Waals surface area contributed by atoms with Crippen LogP contribution in [-0.4, -0.2) is 5.11 Å². The quantitative estimate of drug-likeness (QED) is 0.908. The Morgan fingerprint density at radius 1 is 1.05 bits per heavy atom. The van der Waals surface area contributed by atoms with Gasteiger partial charge in [0.2, 0.25) is 0 Å². The first-order chi connectivity index (χ1) is 9.91. The lowest BCUT2D eigenvalue weighted by Crippen LogP contribution is -2.09. The van der Waals surface area contributed by atoms with Gasteiger partial charge in [-0.1, -0.05) is 30.3 Å². The minimum absolute atomic E-state index is 0.0413. The van der Waals surface area contributed by atoms with Crippen LogP contribution >= 0.6 is 0 Å². The molecule has 0 bridgehead atoms. The number of hydrogen-bond acceptors (Lipinski definition) is 3. The van der Waals surface area contributed by atoms with Crippen molar-refractivity contribution in [2.75, 3.05) is 0 Å². The van der Waals surface area contributed by atoms with E-state index in [1.807, 2.05) is 6.07 Å². The van der Waals surface area contributed by atoms with E-state index in [0.29, 0.717) is 12.1 Å². The fraction of sp³-hybridized carbons (Fsp3) is 0.200. The molecule has 0 aliphatic carbocycles. The Bertz CT molecular complexity index is 627. The zero-order chi connectivity index (χ0) is 15.5. The van der Waals surface area contributed by atoms with Crippen molar-refractivity contribution in [3.63, 3.8) is 0 Å². The number of rotatable bonds is 4. The van der Waals surface area contributed by atoms with E-state index >= 15 is 0 Å². The average Bonchev–Trinajstić information content (AvgIpc) is 2.44. The predicted octanol–water partition coefficient (Wildman–Crippen LogP) is 3.45. The molecule has 0 unspecified atom stereocenters. The molecular weight excluding hydrogens is 283 g/mol. The molecule has 0 fully saturated rings. The summed E-state index contributed by atoms with van der Waals surface area (Å²) in [5.41, 5.74) is 5.90. The lowest BCUT2D eigenvalue weighted by atomic mass is 10.1. The molecule has 0 aromatic heterocycles. The first-order valence-corrected chi connectivity index (χ1v) is 6.21. The van der Waals surface area contributed by atoms with Crippen LogP contribution < -0.4 is 10.5 Å². The fourth-order valence-corrected chi connectivity index (χ4v) is 1.93. The first-order valence-electron chi connectivity index (χ1n) is 6.21. The van der Waals surface area contributed by atoms with Crippen LogP contribution in [0.25, 0.3) is 0 Å². The first kappa shape index (κ1) is 15.2. The van der Waals surface area contributed by atoms with Crippen molar-refractivity contribution in [3.05, 3.63) is 59.2 Å². The van der Waals surface area contributed by atoms with E-state index in [-0.39, 0.29) is 6.61 Å². The summed E-state index contributed by atoms with van der Waals surface area (Å²) in [4.78, 5) is 0. The Kier molecular flexibility index (Phi) is 4.37. The van der Waals surface area contributed by atoms with Gasteiger partial charge in [-0.15, -0.1) is 0 Å². The normalized spacial score (nSPS) is 11.4. The molecular formula is C15H14F3NO2. The van der Waals surface area contributed by atoms with Crippen molar-refractivity contribution in [3.8, 4) is 11.5 Å². The Morgan fingerprint density at radius 2 is 1.71 bits per heavy atom. The molecule has 21 heavy (non-hydrogen) atoms. The van der Waals surface area contributed by atoms with Crippen LogP contribution in [-0.2, 0) is 19.3 Å². The molecule has 3 nitrogen and oxygen atoms in total. The zero-order valence-corrected chi connectivity index (χ0v) is 11.0. The number of aromatic hydroxyl groups is 1. The molecule has 0 heterocycles. The molecule has 6 heteroatoms. The van der Waals surface area contributed by atoms with Gasteiger partial charge in [0.15, 0.2) is 0 Å². The zero-order valence-electron chi connectivity index (χ0n) is 11.0. The van der Waals surface area contributed by atoms with Gasteiger partial charge < -0.3 is 15.6 Å². The van der Waals surface area contributed by atoms with E-state index in [1.54, 1.807) is 18.2 Å². The highest BCUT2D eigenvalue weighted by atomic mass is 19.4. The molecule has 0 saturated heterocycles. The summed E-state index contributed by atoms with van der Waals surface area (Å²) >= 11 is 0. The number of ether oxygens (including phenoxy) is 1. The molecule has 3 N–H and O–H groups in total. The Morgan fingerprint density at radius 3 is 2.38 bits per heavy atom. The number of phenolic OH excluding ortho intramolecular Hbond substituents is 1. The summed E-state index contributed by atoms with van der Waals surface area (Å²) in [7, 11) is 0. The molecule has 2 aromatic rings. The topological polar surface area (TPSA) is 55.5 Å². The SMILES string of the molecule is NCc1cccc(COc2cccc(O)c2C(F)(F)F)c1. The van der Waals surface area contributed by atoms with E-state index in [0.717, 1.165) is 11.6 Å². The standard InChI is InChI=1S/C15H14F3NO2/c16-15(17,18)14-12(20)5-2-6-13(14)21-9-11-4-1-3-10(7-11)8-19/h1-7,20H,8-9,19H2. The maximum atomic E-state index is 12.9. The predicted molar refractivity (Wildman–Crippen MR) is 71.8 cm³/mol. The minimum Gasteiger partial charge on any atom is -0.507 e. The molecule has 2 rings (SSSR count). The number of alkyl halides is 3. The van der Waals surface area contributed by atoms with Crippen molar-refractivity contribution in [2.24, 2.45) is 5.73 Å². The third-order valence-corrected chi connectivity index (χ3v) is 2.91. The van der Waals surface area contributed by atoms with Gasteiger partial charge in [-0.25, -0.2) is 0 Å². The van der Waals surface area contributed by atoms with Gasteiger partial charge in [-0.3, -0.25) is 0 Å². The molecule has 2 aromatic carbocycles. The van der Waals surface area contributed by atoms with Crippen molar-refractivity contribution >= 4 is 0 Å². The van der Waals surface area contributed by atoms with Gasteiger partial charge in [0.05, 0.1) is 0 Å². The summed E-state index contributed by atoms with van der Waals surface area (Å²) in [6, 6.07) is 10.5. The van der Waals surface area contributed by atoms with E-state index in [1.165, 1.54) is 12.1 Å². The van der Waals surface area contributed by atoms with Gasteiger partial charge in [-0.2, -0.15) is 13.2 Å². The van der Waals surface area contributed by atoms with E-state index in [9.17, 15) is 18.3 Å². The highest BCUT2D eigenvalue weighted by Gasteiger charge is 2.37. The lowest BCUT2D eigenvalue weighted by molar-refractivity contribution is -0.140. The molecule has 0 spiro atoms. The minimum atomic E-state index is -4.68. The number of hydrogen-bond donors (Lipinski definition) is 2. The third kappa shape index (κ3) is 3.66. The average molecular weight is 297 g/mol. The highest BCUT2D eigenvalue weighted by molar-refractivity contribution is 5.46. The van der Waals surface area contributed by atoms with Crippen molar-refractivity contribution in [1.82, 2.24) is 0 Å². The van der Waals surface area contributed by atoms with Crippen molar-refractivity contribution in [1.29, 1.82) is 0 Å². The number of phenols is 1. The molecule has 0 radical (unpaired) electrons.